The van der Waals surface area contributed by atoms with Crippen LogP contribution in [0.2, 0.25) is 0 Å². The molecule has 0 heterocycles. The van der Waals surface area contributed by atoms with Gasteiger partial charge in [-0.05, 0) is 36.1 Å². The average Bonchev–Trinajstić information content (AvgIpc) is 2.25. The molecule has 0 unspecified atom stereocenters. The molecule has 0 aliphatic heterocycles. The quantitative estimate of drug-likeness (QED) is 0.688. The minimum absolute atomic E-state index is 0.466. The van der Waals surface area contributed by atoms with E-state index in [-0.39, 0.29) is 0 Å². The third kappa shape index (κ3) is 3.10. The van der Waals surface area contributed by atoms with E-state index in [0.717, 1.165) is 11.1 Å². The smallest absolute Gasteiger partial charge is 0.0991 e. The summed E-state index contributed by atoms with van der Waals surface area (Å²) in [6, 6.07) is 9.71. The van der Waals surface area contributed by atoms with Crippen LogP contribution in [0.5, 0.6) is 0 Å². The van der Waals surface area contributed by atoms with E-state index in [9.17, 15) is 0 Å². The minimum atomic E-state index is 0.466. The lowest BCUT2D eigenvalue weighted by molar-refractivity contribution is 0.785. The summed E-state index contributed by atoms with van der Waals surface area (Å²) in [5, 5.41) is 8.71. The van der Waals surface area contributed by atoms with Gasteiger partial charge in [-0.15, -0.1) is 0 Å². The molecule has 0 aliphatic carbocycles. The van der Waals surface area contributed by atoms with Gasteiger partial charge in [0.25, 0.3) is 0 Å². The van der Waals surface area contributed by atoms with Gasteiger partial charge in [0.1, 0.15) is 0 Å². The topological polar surface area (TPSA) is 23.8 Å². The zero-order valence-corrected chi connectivity index (χ0v) is 10.1. The first-order valence-electron chi connectivity index (χ1n) is 5.42. The molecular weight excluding hydrogens is 194 g/mol. The SMILES string of the molecule is C=C(C)/C(=C/c1ccc(C#N)cc1)C(C)C. The number of rotatable bonds is 3. The summed E-state index contributed by atoms with van der Waals surface area (Å²) in [7, 11) is 0. The van der Waals surface area contributed by atoms with E-state index in [1.165, 1.54) is 5.57 Å². The maximum absolute atomic E-state index is 8.71. The molecule has 1 aromatic rings. The van der Waals surface area contributed by atoms with Gasteiger partial charge in [-0.3, -0.25) is 0 Å². The van der Waals surface area contributed by atoms with Crippen molar-refractivity contribution in [2.75, 3.05) is 0 Å². The molecule has 0 saturated carbocycles. The summed E-state index contributed by atoms with van der Waals surface area (Å²) < 4.78 is 0. The fourth-order valence-corrected chi connectivity index (χ4v) is 1.62. The Kier molecular flexibility index (Phi) is 4.08. The van der Waals surface area contributed by atoms with Gasteiger partial charge in [-0.1, -0.05) is 44.2 Å². The van der Waals surface area contributed by atoms with Crippen LogP contribution in [0.3, 0.4) is 0 Å². The number of allylic oxidation sites excluding steroid dienone is 2. The highest BCUT2D eigenvalue weighted by Crippen LogP contribution is 2.21. The summed E-state index contributed by atoms with van der Waals surface area (Å²) in [5.74, 6) is 0.466. The van der Waals surface area contributed by atoms with Crippen LogP contribution >= 0.6 is 0 Å². The molecule has 82 valence electrons. The van der Waals surface area contributed by atoms with Gasteiger partial charge in [0.05, 0.1) is 11.6 Å². The Hall–Kier alpha value is -1.81. The van der Waals surface area contributed by atoms with Crippen LogP contribution < -0.4 is 0 Å². The maximum Gasteiger partial charge on any atom is 0.0991 e. The van der Waals surface area contributed by atoms with E-state index < -0.39 is 0 Å². The molecule has 0 atom stereocenters. The van der Waals surface area contributed by atoms with Gasteiger partial charge in [0, 0.05) is 0 Å². The molecule has 0 radical (unpaired) electrons. The zero-order chi connectivity index (χ0) is 12.1. The Balaban J connectivity index is 3.05. The number of nitriles is 1. The van der Waals surface area contributed by atoms with Crippen LogP contribution in [0.1, 0.15) is 31.9 Å². The predicted molar refractivity (Wildman–Crippen MR) is 68.8 cm³/mol. The predicted octanol–water partition coefficient (Wildman–Crippen LogP) is 4.17. The monoisotopic (exact) mass is 211 g/mol. The largest absolute Gasteiger partial charge is 0.192 e. The van der Waals surface area contributed by atoms with Crippen molar-refractivity contribution in [3.8, 4) is 6.07 Å². The van der Waals surface area contributed by atoms with Gasteiger partial charge in [-0.25, -0.2) is 0 Å². The Morgan fingerprint density at radius 1 is 1.31 bits per heavy atom. The first-order chi connectivity index (χ1) is 7.54. The molecule has 0 spiro atoms. The normalized spacial score (nSPS) is 11.3. The molecule has 1 rings (SSSR count). The van der Waals surface area contributed by atoms with Crippen LogP contribution in [-0.4, -0.2) is 0 Å². The fourth-order valence-electron chi connectivity index (χ4n) is 1.62. The summed E-state index contributed by atoms with van der Waals surface area (Å²) in [5.41, 5.74) is 4.16. The molecule has 0 fully saturated rings. The second-order valence-corrected chi connectivity index (χ2v) is 4.27. The van der Waals surface area contributed by atoms with Crippen molar-refractivity contribution in [2.45, 2.75) is 20.8 Å². The minimum Gasteiger partial charge on any atom is -0.192 e. The molecule has 0 amide bonds. The van der Waals surface area contributed by atoms with E-state index in [2.05, 4.69) is 32.6 Å². The van der Waals surface area contributed by atoms with Gasteiger partial charge in [0.2, 0.25) is 0 Å². The lowest BCUT2D eigenvalue weighted by Gasteiger charge is -2.11. The molecule has 0 bridgehead atoms. The Labute approximate surface area is 97.7 Å². The van der Waals surface area contributed by atoms with Gasteiger partial charge in [0.15, 0.2) is 0 Å². The van der Waals surface area contributed by atoms with E-state index in [1.54, 1.807) is 0 Å². The van der Waals surface area contributed by atoms with Gasteiger partial charge in [-0.2, -0.15) is 5.26 Å². The molecule has 0 aliphatic rings. The second kappa shape index (κ2) is 5.32. The molecule has 0 N–H and O–H groups in total. The van der Waals surface area contributed by atoms with Crippen LogP contribution in [0.4, 0.5) is 0 Å². The van der Waals surface area contributed by atoms with Crippen molar-refractivity contribution in [1.29, 1.82) is 5.26 Å². The average molecular weight is 211 g/mol. The summed E-state index contributed by atoms with van der Waals surface area (Å²) in [6.45, 7) is 10.3. The highest BCUT2D eigenvalue weighted by atomic mass is 14.2. The number of hydrogen-bond donors (Lipinski definition) is 0. The zero-order valence-electron chi connectivity index (χ0n) is 10.1. The Morgan fingerprint density at radius 3 is 2.25 bits per heavy atom. The van der Waals surface area contributed by atoms with Crippen LogP contribution in [0.25, 0.3) is 6.08 Å². The third-order valence-corrected chi connectivity index (χ3v) is 2.48. The fraction of sp³-hybridized carbons (Fsp3) is 0.267. The van der Waals surface area contributed by atoms with Gasteiger partial charge < -0.3 is 0 Å². The summed E-state index contributed by atoms with van der Waals surface area (Å²) in [4.78, 5) is 0. The van der Waals surface area contributed by atoms with E-state index in [0.29, 0.717) is 11.5 Å². The van der Waals surface area contributed by atoms with Gasteiger partial charge >= 0.3 is 0 Å². The van der Waals surface area contributed by atoms with E-state index in [1.807, 2.05) is 31.2 Å². The van der Waals surface area contributed by atoms with Crippen molar-refractivity contribution in [1.82, 2.24) is 0 Å². The molecular formula is C15H17N. The standard InChI is InChI=1S/C15H17N/c1-11(2)15(12(3)4)9-13-5-7-14(10-16)8-6-13/h5-9,12H,1H2,2-4H3/b15-9-. The first-order valence-corrected chi connectivity index (χ1v) is 5.42. The Bertz CT molecular complexity index is 441. The lowest BCUT2D eigenvalue weighted by Crippen LogP contribution is -1.94. The number of nitrogens with zero attached hydrogens (tertiary/aromatic N) is 1. The van der Waals surface area contributed by atoms with Crippen LogP contribution in [0.15, 0.2) is 42.0 Å². The molecule has 1 nitrogen and oxygen atoms in total. The lowest BCUT2D eigenvalue weighted by atomic mass is 9.95. The molecule has 0 aromatic heterocycles. The van der Waals surface area contributed by atoms with E-state index >= 15 is 0 Å². The molecule has 1 aromatic carbocycles. The van der Waals surface area contributed by atoms with Crippen molar-refractivity contribution in [3.63, 3.8) is 0 Å². The molecule has 1 heteroatoms. The highest BCUT2D eigenvalue weighted by molar-refractivity contribution is 5.59. The number of hydrogen-bond acceptors (Lipinski definition) is 1. The third-order valence-electron chi connectivity index (χ3n) is 2.48. The highest BCUT2D eigenvalue weighted by Gasteiger charge is 2.03. The van der Waals surface area contributed by atoms with Crippen molar-refractivity contribution < 1.29 is 0 Å². The van der Waals surface area contributed by atoms with Crippen LogP contribution in [-0.2, 0) is 0 Å². The van der Waals surface area contributed by atoms with Crippen LogP contribution in [0, 0.1) is 17.2 Å². The summed E-state index contributed by atoms with van der Waals surface area (Å²) >= 11 is 0. The molecule has 16 heavy (non-hydrogen) atoms. The summed E-state index contributed by atoms with van der Waals surface area (Å²) in [6.07, 6.45) is 2.13. The number of benzene rings is 1. The van der Waals surface area contributed by atoms with Crippen molar-refractivity contribution in [2.24, 2.45) is 5.92 Å². The van der Waals surface area contributed by atoms with E-state index in [4.69, 9.17) is 5.26 Å². The Morgan fingerprint density at radius 2 is 1.88 bits per heavy atom. The molecule has 0 saturated heterocycles. The second-order valence-electron chi connectivity index (χ2n) is 4.27. The van der Waals surface area contributed by atoms with Crippen molar-refractivity contribution in [3.05, 3.63) is 53.1 Å². The first kappa shape index (κ1) is 12.3. The maximum atomic E-state index is 8.71. The van der Waals surface area contributed by atoms with Crippen molar-refractivity contribution >= 4 is 6.08 Å².